The number of halogens is 1. The number of imidazole rings is 1. The summed E-state index contributed by atoms with van der Waals surface area (Å²) in [5, 5.41) is 11.8. The largest absolute Gasteiger partial charge is 0.384 e. The fourth-order valence-corrected chi connectivity index (χ4v) is 3.50. The molecular weight excluding hydrogens is 430 g/mol. The number of benzene rings is 1. The quantitative estimate of drug-likeness (QED) is 0.424. The summed E-state index contributed by atoms with van der Waals surface area (Å²) in [5.41, 5.74) is 9.26. The van der Waals surface area contributed by atoms with Gasteiger partial charge in [-0.05, 0) is 52.4 Å². The molecule has 4 heterocycles. The summed E-state index contributed by atoms with van der Waals surface area (Å²) in [6, 6.07) is 12.3. The Bertz CT molecular complexity index is 1440. The zero-order chi connectivity index (χ0) is 22.1. The maximum atomic E-state index is 12.8. The van der Waals surface area contributed by atoms with E-state index in [1.807, 2.05) is 12.1 Å². The van der Waals surface area contributed by atoms with Crippen LogP contribution in [0.15, 0.2) is 72.2 Å². The van der Waals surface area contributed by atoms with Crippen LogP contribution in [0.2, 0.25) is 5.02 Å². The lowest BCUT2D eigenvalue weighted by Gasteiger charge is -2.11. The Morgan fingerprint density at radius 2 is 1.94 bits per heavy atom. The molecule has 0 aliphatic heterocycles. The molecule has 0 fully saturated rings. The summed E-state index contributed by atoms with van der Waals surface area (Å²) >= 11 is 6.20. The number of hydrogen-bond acceptors (Lipinski definition) is 7. The number of anilines is 1. The Kier molecular flexibility index (Phi) is 4.96. The number of rotatable bonds is 5. The molecule has 32 heavy (non-hydrogen) atoms. The maximum Gasteiger partial charge on any atom is 0.251 e. The second-order valence-electron chi connectivity index (χ2n) is 7.01. The van der Waals surface area contributed by atoms with Gasteiger partial charge in [0.25, 0.3) is 5.56 Å². The molecule has 0 bridgehead atoms. The lowest BCUT2D eigenvalue weighted by molar-refractivity contribution is 0.725. The molecule has 0 radical (unpaired) electrons. The van der Waals surface area contributed by atoms with Crippen LogP contribution < -0.4 is 11.3 Å². The molecule has 3 N–H and O–H groups in total. The first-order chi connectivity index (χ1) is 15.6. The molecule has 0 saturated carbocycles. The fraction of sp³-hybridized carbons (Fsp3) is 0.0476. The highest BCUT2D eigenvalue weighted by atomic mass is 35.5. The van der Waals surface area contributed by atoms with Crippen LogP contribution in [0.4, 0.5) is 5.82 Å². The van der Waals surface area contributed by atoms with E-state index in [9.17, 15) is 4.79 Å². The number of aromatic nitrogens is 8. The summed E-state index contributed by atoms with van der Waals surface area (Å²) in [6.07, 6.45) is 6.57. The van der Waals surface area contributed by atoms with Crippen LogP contribution in [0, 0.1) is 0 Å². The zero-order valence-electron chi connectivity index (χ0n) is 16.6. The van der Waals surface area contributed by atoms with Crippen molar-refractivity contribution in [2.75, 3.05) is 5.73 Å². The minimum absolute atomic E-state index is 0.183. The smallest absolute Gasteiger partial charge is 0.251 e. The van der Waals surface area contributed by atoms with E-state index in [4.69, 9.17) is 17.3 Å². The zero-order valence-corrected chi connectivity index (χ0v) is 17.3. The van der Waals surface area contributed by atoms with Crippen molar-refractivity contribution in [2.24, 2.45) is 0 Å². The van der Waals surface area contributed by atoms with Gasteiger partial charge in [-0.25, -0.2) is 9.97 Å². The Labute approximate surface area is 186 Å². The molecule has 0 unspecified atom stereocenters. The number of pyridine rings is 2. The molecule has 0 atom stereocenters. The number of nitrogens with two attached hydrogens (primary N) is 1. The molecule has 5 rings (SSSR count). The topological polar surface area (TPSA) is 133 Å². The van der Waals surface area contributed by atoms with E-state index < -0.39 is 0 Å². The fourth-order valence-electron chi connectivity index (χ4n) is 3.33. The van der Waals surface area contributed by atoms with Gasteiger partial charge in [0.2, 0.25) is 0 Å². The molecule has 0 spiro atoms. The van der Waals surface area contributed by atoms with Crippen molar-refractivity contribution in [1.29, 1.82) is 0 Å². The van der Waals surface area contributed by atoms with Gasteiger partial charge in [-0.3, -0.25) is 4.79 Å². The second-order valence-corrected chi connectivity index (χ2v) is 7.45. The van der Waals surface area contributed by atoms with Crippen molar-refractivity contribution in [2.45, 2.75) is 6.54 Å². The molecule has 4 aromatic heterocycles. The van der Waals surface area contributed by atoms with Crippen molar-refractivity contribution < 1.29 is 0 Å². The molecule has 5 aromatic rings. The lowest BCUT2D eigenvalue weighted by Crippen LogP contribution is -2.19. The first kappa shape index (κ1) is 19.6. The first-order valence-corrected chi connectivity index (χ1v) is 9.94. The Morgan fingerprint density at radius 1 is 1.03 bits per heavy atom. The molecule has 11 heteroatoms. The van der Waals surface area contributed by atoms with E-state index in [0.717, 1.165) is 16.8 Å². The van der Waals surface area contributed by atoms with Crippen LogP contribution in [-0.4, -0.2) is 39.7 Å². The molecular formula is C21H16ClN9O. The molecule has 158 valence electrons. The van der Waals surface area contributed by atoms with Crippen molar-refractivity contribution >= 4 is 17.4 Å². The van der Waals surface area contributed by atoms with Crippen molar-refractivity contribution in [3.05, 3.63) is 88.6 Å². The molecule has 0 saturated heterocycles. The minimum atomic E-state index is -0.183. The van der Waals surface area contributed by atoms with Crippen LogP contribution >= 0.6 is 11.6 Å². The number of nitrogens with one attached hydrogen (secondary N) is 1. The van der Waals surface area contributed by atoms with Gasteiger partial charge < -0.3 is 15.3 Å². The van der Waals surface area contributed by atoms with Crippen LogP contribution in [0.25, 0.3) is 28.1 Å². The molecule has 1 aromatic carbocycles. The van der Waals surface area contributed by atoms with Crippen molar-refractivity contribution in [3.8, 4) is 28.1 Å². The van der Waals surface area contributed by atoms with Gasteiger partial charge in [-0.2, -0.15) is 4.68 Å². The summed E-state index contributed by atoms with van der Waals surface area (Å²) in [6.45, 7) is 0.289. The van der Waals surface area contributed by atoms with Crippen LogP contribution in [-0.2, 0) is 6.54 Å². The molecule has 0 aliphatic rings. The van der Waals surface area contributed by atoms with Gasteiger partial charge in [-0.15, -0.1) is 5.10 Å². The van der Waals surface area contributed by atoms with Crippen LogP contribution in [0.5, 0.6) is 0 Å². The highest BCUT2D eigenvalue weighted by Gasteiger charge is 2.12. The number of nitrogens with zero attached hydrogens (tertiary/aromatic N) is 7. The molecule has 0 aliphatic carbocycles. The second kappa shape index (κ2) is 8.08. The van der Waals surface area contributed by atoms with Gasteiger partial charge in [-0.1, -0.05) is 11.6 Å². The van der Waals surface area contributed by atoms with E-state index >= 15 is 0 Å². The number of tetrazole rings is 1. The Balaban J connectivity index is 1.44. The minimum Gasteiger partial charge on any atom is -0.384 e. The summed E-state index contributed by atoms with van der Waals surface area (Å²) in [4.78, 5) is 24.5. The van der Waals surface area contributed by atoms with E-state index in [1.165, 1.54) is 11.0 Å². The van der Waals surface area contributed by atoms with E-state index in [-0.39, 0.29) is 12.1 Å². The van der Waals surface area contributed by atoms with Crippen LogP contribution in [0.3, 0.4) is 0 Å². The maximum absolute atomic E-state index is 12.8. The normalized spacial score (nSPS) is 11.0. The van der Waals surface area contributed by atoms with Gasteiger partial charge in [0.1, 0.15) is 18.0 Å². The van der Waals surface area contributed by atoms with E-state index in [1.54, 1.807) is 53.5 Å². The predicted molar refractivity (Wildman–Crippen MR) is 119 cm³/mol. The van der Waals surface area contributed by atoms with Crippen LogP contribution in [0.1, 0.15) is 5.82 Å². The van der Waals surface area contributed by atoms with Crippen molar-refractivity contribution in [1.82, 2.24) is 39.7 Å². The average Bonchev–Trinajstić information content (AvgIpc) is 3.48. The summed E-state index contributed by atoms with van der Waals surface area (Å²) in [5.74, 6) is 1.09. The first-order valence-electron chi connectivity index (χ1n) is 9.56. The Hall–Kier alpha value is -4.31. The van der Waals surface area contributed by atoms with Gasteiger partial charge >= 0.3 is 0 Å². The monoisotopic (exact) mass is 445 g/mol. The lowest BCUT2D eigenvalue weighted by atomic mass is 10.0. The highest BCUT2D eigenvalue weighted by Crippen LogP contribution is 2.28. The van der Waals surface area contributed by atoms with Gasteiger partial charge in [0, 0.05) is 34.6 Å². The number of H-pyrrole nitrogens is 1. The number of nitrogen functional groups attached to an aromatic ring is 1. The molecule has 0 amide bonds. The third kappa shape index (κ3) is 3.86. The van der Waals surface area contributed by atoms with Gasteiger partial charge in [0.15, 0.2) is 0 Å². The third-order valence-electron chi connectivity index (χ3n) is 4.91. The van der Waals surface area contributed by atoms with Gasteiger partial charge in [0.05, 0.1) is 24.1 Å². The summed E-state index contributed by atoms with van der Waals surface area (Å²) < 4.78 is 3.09. The molecule has 10 nitrogen and oxygen atoms in total. The highest BCUT2D eigenvalue weighted by molar-refractivity contribution is 6.31. The standard InChI is InChI=1S/C21H16ClN9O/c22-15-2-3-18(31-12-26-28-29-31)16(8-15)13-5-6-30(21(32)7-13)11-20-25-10-17(27-20)14-1-4-19(23)24-9-14/h1-10,12H,11H2,(H2,23,24)(H,25,27). The SMILES string of the molecule is Nc1ccc(-c2cnc(Cn3ccc(-c4cc(Cl)ccc4-n4cnnn4)cc3=O)[nH]2)cn1. The van der Waals surface area contributed by atoms with E-state index in [0.29, 0.717) is 27.9 Å². The number of aromatic amines is 1. The summed E-state index contributed by atoms with van der Waals surface area (Å²) in [7, 11) is 0. The average molecular weight is 446 g/mol. The predicted octanol–water partition coefficient (Wildman–Crippen LogP) is 2.56. The van der Waals surface area contributed by atoms with E-state index in [2.05, 4.69) is 30.5 Å². The number of hydrogen-bond donors (Lipinski definition) is 2. The third-order valence-corrected chi connectivity index (χ3v) is 5.14. The van der Waals surface area contributed by atoms with Crippen molar-refractivity contribution in [3.63, 3.8) is 0 Å². The Morgan fingerprint density at radius 3 is 2.69 bits per heavy atom.